The molecule has 0 unspecified atom stereocenters. The Hall–Kier alpha value is -2.52. The molecule has 3 amide bonds. The summed E-state index contributed by atoms with van der Waals surface area (Å²) in [5.74, 6) is -3.10. The summed E-state index contributed by atoms with van der Waals surface area (Å²) in [6, 6.07) is 8.07. The van der Waals surface area contributed by atoms with E-state index in [1.54, 1.807) is 6.08 Å². The Labute approximate surface area is 152 Å². The first-order valence-corrected chi connectivity index (χ1v) is 8.49. The predicted octanol–water partition coefficient (Wildman–Crippen LogP) is 1.10. The van der Waals surface area contributed by atoms with Gasteiger partial charge in [-0.25, -0.2) is 0 Å². The van der Waals surface area contributed by atoms with Crippen LogP contribution in [0.4, 0.5) is 0 Å². The van der Waals surface area contributed by atoms with E-state index in [4.69, 9.17) is 17.3 Å². The van der Waals surface area contributed by atoms with E-state index in [9.17, 15) is 19.2 Å². The highest BCUT2D eigenvalue weighted by Gasteiger charge is 2.48. The van der Waals surface area contributed by atoms with Gasteiger partial charge in [0, 0.05) is 0 Å². The lowest BCUT2D eigenvalue weighted by Gasteiger charge is -2.20. The number of aliphatic carboxylic acids is 1. The number of thioether (sulfide) groups is 1. The Morgan fingerprint density at radius 3 is 2.60 bits per heavy atom. The highest BCUT2D eigenvalue weighted by atomic mass is 32.2. The third-order valence-corrected chi connectivity index (χ3v) is 5.08. The molecule has 9 heteroatoms. The van der Waals surface area contributed by atoms with Crippen molar-refractivity contribution in [2.75, 3.05) is 6.54 Å². The molecular weight excluding hydrogens is 364 g/mol. The Bertz CT molecular complexity index is 821. The summed E-state index contributed by atoms with van der Waals surface area (Å²) >= 11 is 6.25. The van der Waals surface area contributed by atoms with Crippen molar-refractivity contribution in [2.45, 2.75) is 12.5 Å². The van der Waals surface area contributed by atoms with Gasteiger partial charge in [-0.3, -0.25) is 29.0 Å². The molecule has 1 N–H and O–H groups in total. The van der Waals surface area contributed by atoms with Crippen LogP contribution in [0.25, 0.3) is 6.08 Å². The average molecular weight is 376 g/mol. The summed E-state index contributed by atoms with van der Waals surface area (Å²) in [5.41, 5.74) is 0.810. The summed E-state index contributed by atoms with van der Waals surface area (Å²) in [6.45, 7) is -0.719. The van der Waals surface area contributed by atoms with Crippen LogP contribution in [-0.4, -0.2) is 55.5 Å². The molecule has 2 saturated heterocycles. The van der Waals surface area contributed by atoms with Gasteiger partial charge in [0.2, 0.25) is 5.91 Å². The van der Waals surface area contributed by atoms with Gasteiger partial charge in [-0.15, -0.1) is 0 Å². The highest BCUT2D eigenvalue weighted by molar-refractivity contribution is 8.26. The molecular formula is C16H12N2O5S2. The van der Waals surface area contributed by atoms with Crippen LogP contribution in [-0.2, 0) is 19.2 Å². The van der Waals surface area contributed by atoms with E-state index in [1.807, 2.05) is 30.3 Å². The minimum Gasteiger partial charge on any atom is -0.480 e. The van der Waals surface area contributed by atoms with E-state index in [0.717, 1.165) is 22.2 Å². The topological polar surface area (TPSA) is 95.0 Å². The van der Waals surface area contributed by atoms with E-state index >= 15 is 0 Å². The fourth-order valence-electron chi connectivity index (χ4n) is 2.62. The zero-order valence-corrected chi connectivity index (χ0v) is 14.4. The minimum atomic E-state index is -1.29. The second kappa shape index (κ2) is 6.77. The Balaban J connectivity index is 1.84. The third kappa shape index (κ3) is 3.33. The van der Waals surface area contributed by atoms with Crippen molar-refractivity contribution >= 4 is 58.1 Å². The number of likely N-dealkylation sites (tertiary alicyclic amines) is 1. The number of carboxylic acids is 1. The summed E-state index contributed by atoms with van der Waals surface area (Å²) < 4.78 is 0.176. The lowest BCUT2D eigenvalue weighted by Crippen LogP contribution is -2.45. The summed E-state index contributed by atoms with van der Waals surface area (Å²) in [6.07, 6.45) is 1.40. The van der Waals surface area contributed by atoms with Gasteiger partial charge in [-0.1, -0.05) is 54.3 Å². The fraction of sp³-hybridized carbons (Fsp3) is 0.188. The molecule has 0 bridgehead atoms. The second-order valence-corrected chi connectivity index (χ2v) is 7.07. The van der Waals surface area contributed by atoms with Gasteiger partial charge in [0.1, 0.15) is 16.9 Å². The zero-order chi connectivity index (χ0) is 18.1. The second-order valence-electron chi connectivity index (χ2n) is 5.39. The van der Waals surface area contributed by atoms with Crippen LogP contribution in [0.2, 0.25) is 0 Å². The molecule has 2 aliphatic heterocycles. The van der Waals surface area contributed by atoms with Crippen molar-refractivity contribution in [3.05, 3.63) is 40.8 Å². The quantitative estimate of drug-likeness (QED) is 0.478. The van der Waals surface area contributed by atoms with Crippen molar-refractivity contribution in [3.63, 3.8) is 0 Å². The Kier molecular flexibility index (Phi) is 4.69. The zero-order valence-electron chi connectivity index (χ0n) is 12.7. The third-order valence-electron chi connectivity index (χ3n) is 3.75. The largest absolute Gasteiger partial charge is 0.480 e. The number of hydrogen-bond donors (Lipinski definition) is 1. The number of rotatable bonds is 4. The molecule has 128 valence electrons. The van der Waals surface area contributed by atoms with Crippen LogP contribution >= 0.6 is 24.0 Å². The van der Waals surface area contributed by atoms with Crippen LogP contribution in [0, 0.1) is 0 Å². The predicted molar refractivity (Wildman–Crippen MR) is 94.2 cm³/mol. The minimum absolute atomic E-state index is 0.176. The molecule has 7 nitrogen and oxygen atoms in total. The maximum Gasteiger partial charge on any atom is 0.323 e. The maximum absolute atomic E-state index is 12.6. The molecule has 3 rings (SSSR count). The standard InChI is InChI=1S/C16H12N2O5S2/c19-12-7-10(14(22)17(12)8-13(20)21)18-15(23)11(25-16(18)24)6-9-4-2-1-3-5-9/h1-6,10H,7-8H2,(H,20,21)/b11-6-/t10-/m1/s1. The Morgan fingerprint density at radius 1 is 1.28 bits per heavy atom. The molecule has 2 fully saturated rings. The number of carbonyl (C=O) groups is 4. The van der Waals surface area contributed by atoms with Crippen molar-refractivity contribution < 1.29 is 24.3 Å². The van der Waals surface area contributed by atoms with E-state index in [1.165, 1.54) is 0 Å². The van der Waals surface area contributed by atoms with Gasteiger partial charge in [-0.05, 0) is 11.6 Å². The van der Waals surface area contributed by atoms with Gasteiger partial charge in [-0.2, -0.15) is 0 Å². The molecule has 0 aliphatic carbocycles. The highest BCUT2D eigenvalue weighted by Crippen LogP contribution is 2.36. The van der Waals surface area contributed by atoms with Crippen LogP contribution in [0.1, 0.15) is 12.0 Å². The van der Waals surface area contributed by atoms with Crippen molar-refractivity contribution in [2.24, 2.45) is 0 Å². The van der Waals surface area contributed by atoms with Gasteiger partial charge >= 0.3 is 5.97 Å². The van der Waals surface area contributed by atoms with E-state index in [-0.39, 0.29) is 10.7 Å². The van der Waals surface area contributed by atoms with Crippen molar-refractivity contribution in [3.8, 4) is 0 Å². The molecule has 2 heterocycles. The lowest BCUT2D eigenvalue weighted by atomic mass is 10.2. The van der Waals surface area contributed by atoms with E-state index in [2.05, 4.69) is 0 Å². The molecule has 1 aromatic carbocycles. The number of thiocarbonyl (C=S) groups is 1. The number of nitrogens with zero attached hydrogens (tertiary/aromatic N) is 2. The van der Waals surface area contributed by atoms with Crippen LogP contribution in [0.5, 0.6) is 0 Å². The average Bonchev–Trinajstić information content (AvgIpc) is 2.98. The number of carboxylic acid groups (broad SMARTS) is 1. The maximum atomic E-state index is 12.6. The van der Waals surface area contributed by atoms with Crippen LogP contribution in [0.15, 0.2) is 35.2 Å². The first-order valence-electron chi connectivity index (χ1n) is 7.26. The first kappa shape index (κ1) is 17.3. The summed E-state index contributed by atoms with van der Waals surface area (Å²) in [5, 5.41) is 8.81. The summed E-state index contributed by atoms with van der Waals surface area (Å²) in [4.78, 5) is 49.8. The molecule has 25 heavy (non-hydrogen) atoms. The van der Waals surface area contributed by atoms with E-state index < -0.39 is 36.3 Å². The van der Waals surface area contributed by atoms with Gasteiger partial charge in [0.05, 0.1) is 11.3 Å². The number of imide groups is 1. The monoisotopic (exact) mass is 376 g/mol. The normalized spacial score (nSPS) is 22.4. The van der Waals surface area contributed by atoms with Gasteiger partial charge < -0.3 is 5.11 Å². The molecule has 1 aromatic rings. The number of hydrogen-bond acceptors (Lipinski definition) is 6. The van der Waals surface area contributed by atoms with Crippen molar-refractivity contribution in [1.82, 2.24) is 9.80 Å². The SMILES string of the molecule is O=C(O)CN1C(=O)C[C@@H](N2C(=O)/C(=C/c3ccccc3)SC2=S)C1=O. The number of benzene rings is 1. The number of carbonyl (C=O) groups excluding carboxylic acids is 3. The van der Waals surface area contributed by atoms with Crippen LogP contribution in [0.3, 0.4) is 0 Å². The van der Waals surface area contributed by atoms with Crippen molar-refractivity contribution in [1.29, 1.82) is 0 Å². The number of amides is 3. The fourth-order valence-corrected chi connectivity index (χ4v) is 3.97. The van der Waals surface area contributed by atoms with Gasteiger partial charge in [0.25, 0.3) is 11.8 Å². The summed E-state index contributed by atoms with van der Waals surface area (Å²) in [7, 11) is 0. The van der Waals surface area contributed by atoms with Gasteiger partial charge in [0.15, 0.2) is 0 Å². The molecule has 1 atom stereocenters. The first-order chi connectivity index (χ1) is 11.9. The Morgan fingerprint density at radius 2 is 1.96 bits per heavy atom. The molecule has 0 aromatic heterocycles. The lowest BCUT2D eigenvalue weighted by molar-refractivity contribution is -0.149. The smallest absolute Gasteiger partial charge is 0.323 e. The molecule has 2 aliphatic rings. The molecule has 0 radical (unpaired) electrons. The van der Waals surface area contributed by atoms with Crippen LogP contribution < -0.4 is 0 Å². The molecule has 0 saturated carbocycles. The van der Waals surface area contributed by atoms with E-state index in [0.29, 0.717) is 9.81 Å². The molecule has 0 spiro atoms.